The molecule has 4 heterocycles. The number of aromatic nitrogens is 4. The van der Waals surface area contributed by atoms with Crippen molar-refractivity contribution in [2.24, 2.45) is 0 Å². The smallest absolute Gasteiger partial charge is 0.164 e. The molecule has 0 N–H and O–H groups in total. The van der Waals surface area contributed by atoms with Crippen LogP contribution in [0.1, 0.15) is 0 Å². The first-order chi connectivity index (χ1) is 26.2. The SMILES string of the molecule is c1ccc(-c2nc(-c3ccc4oc5ccccc5c4c3)nc(-c3cccc4sc5cc(-c6ccc(-c7nc8ccccc8s7)cc6)ccc5c34)n2)cc1. The predicted molar refractivity (Wildman–Crippen MR) is 220 cm³/mol. The Kier molecular flexibility index (Phi) is 6.83. The zero-order chi connectivity index (χ0) is 34.9. The highest BCUT2D eigenvalue weighted by molar-refractivity contribution is 7.26. The van der Waals surface area contributed by atoms with Crippen molar-refractivity contribution in [2.45, 2.75) is 0 Å². The van der Waals surface area contributed by atoms with Gasteiger partial charge >= 0.3 is 0 Å². The Hall–Kier alpha value is -6.54. The Morgan fingerprint density at radius 3 is 1.96 bits per heavy atom. The summed E-state index contributed by atoms with van der Waals surface area (Å²) in [4.78, 5) is 20.2. The lowest BCUT2D eigenvalue weighted by atomic mass is 10.0. The van der Waals surface area contributed by atoms with E-state index in [1.807, 2.05) is 66.7 Å². The summed E-state index contributed by atoms with van der Waals surface area (Å²) in [5, 5.41) is 5.48. The Balaban J connectivity index is 1.02. The number of furan rings is 1. The summed E-state index contributed by atoms with van der Waals surface area (Å²) in [7, 11) is 0. The van der Waals surface area contributed by atoms with E-state index in [-0.39, 0.29) is 0 Å². The van der Waals surface area contributed by atoms with E-state index in [2.05, 4.69) is 91.0 Å². The largest absolute Gasteiger partial charge is 0.456 e. The van der Waals surface area contributed by atoms with Crippen LogP contribution in [0.25, 0.3) is 108 Å². The van der Waals surface area contributed by atoms with Gasteiger partial charge in [0.05, 0.1) is 10.2 Å². The van der Waals surface area contributed by atoms with Crippen LogP contribution in [-0.2, 0) is 0 Å². The molecule has 11 aromatic rings. The first-order valence-electron chi connectivity index (χ1n) is 17.4. The van der Waals surface area contributed by atoms with Crippen LogP contribution >= 0.6 is 22.7 Å². The number of hydrogen-bond donors (Lipinski definition) is 0. The minimum Gasteiger partial charge on any atom is -0.456 e. The van der Waals surface area contributed by atoms with Gasteiger partial charge in [-0.1, -0.05) is 109 Å². The van der Waals surface area contributed by atoms with E-state index < -0.39 is 0 Å². The standard InChI is InChI=1S/C46H26N4OS2/c1-2-9-28(10-3-1)43-48-44(31-22-24-38-35(25-31)32-11-4-6-14-37(32)51-38)50-45(49-43)34-12-8-16-40-42(34)33-23-21-30(26-41(33)52-40)27-17-19-29(20-18-27)46-47-36-13-5-7-15-39(36)53-46/h1-26H. The summed E-state index contributed by atoms with van der Waals surface area (Å²) >= 11 is 3.52. The van der Waals surface area contributed by atoms with Crippen LogP contribution in [0.3, 0.4) is 0 Å². The molecule has 0 aliphatic carbocycles. The predicted octanol–water partition coefficient (Wildman–Crippen LogP) is 13.1. The number of para-hydroxylation sites is 2. The molecular weight excluding hydrogens is 689 g/mol. The summed E-state index contributed by atoms with van der Waals surface area (Å²) in [6.07, 6.45) is 0. The monoisotopic (exact) mass is 714 g/mol. The molecule has 53 heavy (non-hydrogen) atoms. The lowest BCUT2D eigenvalue weighted by Gasteiger charge is -2.10. The molecule has 0 unspecified atom stereocenters. The molecule has 0 saturated heterocycles. The highest BCUT2D eigenvalue weighted by Gasteiger charge is 2.18. The maximum atomic E-state index is 6.13. The Morgan fingerprint density at radius 2 is 1.08 bits per heavy atom. The molecule has 7 heteroatoms. The van der Waals surface area contributed by atoms with E-state index in [0.29, 0.717) is 17.5 Å². The summed E-state index contributed by atoms with van der Waals surface area (Å²) in [5.41, 5.74) is 9.06. The van der Waals surface area contributed by atoms with Crippen LogP contribution in [0.5, 0.6) is 0 Å². The molecule has 7 aromatic carbocycles. The zero-order valence-electron chi connectivity index (χ0n) is 28.0. The molecule has 4 aromatic heterocycles. The normalized spacial score (nSPS) is 11.8. The van der Waals surface area contributed by atoms with Crippen molar-refractivity contribution in [3.05, 3.63) is 158 Å². The number of hydrogen-bond acceptors (Lipinski definition) is 7. The van der Waals surface area contributed by atoms with Crippen molar-refractivity contribution in [1.29, 1.82) is 0 Å². The molecule has 0 bridgehead atoms. The van der Waals surface area contributed by atoms with Gasteiger partial charge in [-0.15, -0.1) is 22.7 Å². The first kappa shape index (κ1) is 30.1. The molecule has 0 radical (unpaired) electrons. The van der Waals surface area contributed by atoms with Crippen LogP contribution in [-0.4, -0.2) is 19.9 Å². The molecule has 0 amide bonds. The molecule has 5 nitrogen and oxygen atoms in total. The van der Waals surface area contributed by atoms with Gasteiger partial charge in [0.15, 0.2) is 17.5 Å². The highest BCUT2D eigenvalue weighted by atomic mass is 32.1. The lowest BCUT2D eigenvalue weighted by molar-refractivity contribution is 0.669. The van der Waals surface area contributed by atoms with E-state index >= 15 is 0 Å². The van der Waals surface area contributed by atoms with E-state index in [9.17, 15) is 0 Å². The van der Waals surface area contributed by atoms with Crippen molar-refractivity contribution in [2.75, 3.05) is 0 Å². The number of fused-ring (bicyclic) bond motifs is 7. The average Bonchev–Trinajstić information content (AvgIpc) is 3.94. The second-order valence-corrected chi connectivity index (χ2v) is 15.2. The fraction of sp³-hybridized carbons (Fsp3) is 0. The highest BCUT2D eigenvalue weighted by Crippen LogP contribution is 2.42. The minimum absolute atomic E-state index is 0.620. The second-order valence-electron chi connectivity index (χ2n) is 13.0. The molecule has 0 aliphatic rings. The number of thiazole rings is 1. The van der Waals surface area contributed by atoms with E-state index in [1.54, 1.807) is 22.7 Å². The molecular formula is C46H26N4OS2. The molecule has 0 atom stereocenters. The minimum atomic E-state index is 0.620. The van der Waals surface area contributed by atoms with Crippen LogP contribution in [0.2, 0.25) is 0 Å². The quantitative estimate of drug-likeness (QED) is 0.178. The summed E-state index contributed by atoms with van der Waals surface area (Å²) in [5.74, 6) is 1.90. The van der Waals surface area contributed by atoms with Gasteiger partial charge in [0.2, 0.25) is 0 Å². The number of rotatable bonds is 5. The van der Waals surface area contributed by atoms with Gasteiger partial charge in [0.1, 0.15) is 16.2 Å². The van der Waals surface area contributed by atoms with Gasteiger partial charge in [0, 0.05) is 53.2 Å². The maximum absolute atomic E-state index is 6.13. The molecule has 0 aliphatic heterocycles. The molecule has 248 valence electrons. The number of thiophene rings is 1. The van der Waals surface area contributed by atoms with Crippen LogP contribution in [0, 0.1) is 0 Å². The van der Waals surface area contributed by atoms with Crippen LogP contribution in [0.4, 0.5) is 0 Å². The van der Waals surface area contributed by atoms with E-state index in [1.165, 1.54) is 30.6 Å². The summed E-state index contributed by atoms with van der Waals surface area (Å²) < 4.78 is 9.74. The Labute approximate surface area is 311 Å². The Morgan fingerprint density at radius 1 is 0.377 bits per heavy atom. The first-order valence-corrected chi connectivity index (χ1v) is 19.0. The van der Waals surface area contributed by atoms with Crippen molar-refractivity contribution in [1.82, 2.24) is 19.9 Å². The number of nitrogens with zero attached hydrogens (tertiary/aromatic N) is 4. The van der Waals surface area contributed by atoms with E-state index in [4.69, 9.17) is 24.4 Å². The summed E-state index contributed by atoms with van der Waals surface area (Å²) in [6, 6.07) is 54.6. The average molecular weight is 715 g/mol. The molecule has 0 saturated carbocycles. The van der Waals surface area contributed by atoms with Gasteiger partial charge in [0.25, 0.3) is 0 Å². The molecule has 0 fully saturated rings. The molecule has 11 rings (SSSR count). The topological polar surface area (TPSA) is 64.7 Å². The van der Waals surface area contributed by atoms with Crippen molar-refractivity contribution >= 4 is 75.0 Å². The lowest BCUT2D eigenvalue weighted by Crippen LogP contribution is -2.00. The zero-order valence-corrected chi connectivity index (χ0v) is 29.7. The van der Waals surface area contributed by atoms with Gasteiger partial charge < -0.3 is 4.42 Å². The Bertz CT molecular complexity index is 3150. The van der Waals surface area contributed by atoms with Crippen LogP contribution in [0.15, 0.2) is 162 Å². The fourth-order valence-electron chi connectivity index (χ4n) is 7.20. The third-order valence-corrected chi connectivity index (χ3v) is 12.0. The third kappa shape index (κ3) is 5.12. The van der Waals surface area contributed by atoms with Crippen molar-refractivity contribution < 1.29 is 4.42 Å². The van der Waals surface area contributed by atoms with Gasteiger partial charge in [-0.25, -0.2) is 19.9 Å². The second kappa shape index (κ2) is 12.0. The number of benzene rings is 7. The van der Waals surface area contributed by atoms with Gasteiger partial charge in [-0.3, -0.25) is 0 Å². The summed E-state index contributed by atoms with van der Waals surface area (Å²) in [6.45, 7) is 0. The third-order valence-electron chi connectivity index (χ3n) is 9.80. The molecule has 0 spiro atoms. The van der Waals surface area contributed by atoms with Crippen molar-refractivity contribution in [3.63, 3.8) is 0 Å². The maximum Gasteiger partial charge on any atom is 0.164 e. The van der Waals surface area contributed by atoms with Crippen molar-refractivity contribution in [3.8, 4) is 55.9 Å². The van der Waals surface area contributed by atoms with Gasteiger partial charge in [-0.2, -0.15) is 0 Å². The van der Waals surface area contributed by atoms with Crippen LogP contribution < -0.4 is 0 Å². The van der Waals surface area contributed by atoms with Gasteiger partial charge in [-0.05, 0) is 59.7 Å². The van der Waals surface area contributed by atoms with E-state index in [0.717, 1.165) is 60.1 Å². The fourth-order valence-corrected chi connectivity index (χ4v) is 9.34.